The molecule has 0 amide bonds. The van der Waals surface area contributed by atoms with Crippen molar-refractivity contribution in [1.82, 2.24) is 4.90 Å². The van der Waals surface area contributed by atoms with Gasteiger partial charge in [0.15, 0.2) is 5.78 Å². The van der Waals surface area contributed by atoms with E-state index < -0.39 is 0 Å². The fourth-order valence-electron chi connectivity index (χ4n) is 7.67. The van der Waals surface area contributed by atoms with E-state index in [-0.39, 0.29) is 5.78 Å². The van der Waals surface area contributed by atoms with E-state index in [0.29, 0.717) is 16.7 Å². The monoisotopic (exact) mass is 722 g/mol. The molecule has 4 heteroatoms. The van der Waals surface area contributed by atoms with Crippen LogP contribution in [0.5, 0.6) is 0 Å². The first-order valence-electron chi connectivity index (χ1n) is 18.9. The van der Waals surface area contributed by atoms with Crippen LogP contribution in [0.1, 0.15) is 37.4 Å². The van der Waals surface area contributed by atoms with Gasteiger partial charge in [-0.3, -0.25) is 9.59 Å². The van der Waals surface area contributed by atoms with Crippen molar-refractivity contribution in [3.63, 3.8) is 0 Å². The Labute approximate surface area is 326 Å². The smallest absolute Gasteiger partial charge is 0.193 e. The molecule has 0 unspecified atom stereocenters. The number of hydrogen-bond donors (Lipinski definition) is 0. The highest BCUT2D eigenvalue weighted by atomic mass is 16.1. The molecule has 0 saturated carbocycles. The number of nitrogens with zero attached hydrogens (tertiary/aromatic N) is 2. The molecule has 268 valence electrons. The van der Waals surface area contributed by atoms with Gasteiger partial charge in [-0.15, -0.1) is 0 Å². The third kappa shape index (κ3) is 6.92. The van der Waals surface area contributed by atoms with Crippen molar-refractivity contribution in [3.05, 3.63) is 228 Å². The highest BCUT2D eigenvalue weighted by molar-refractivity contribution is 6.13. The number of allylic oxidation sites excluding steroid dienone is 2. The molecule has 0 aromatic heterocycles. The molecule has 0 saturated heterocycles. The van der Waals surface area contributed by atoms with E-state index in [4.69, 9.17) is 0 Å². The van der Waals surface area contributed by atoms with Crippen LogP contribution in [0.4, 0.5) is 17.1 Å². The van der Waals surface area contributed by atoms with Crippen LogP contribution in [0.3, 0.4) is 0 Å². The summed E-state index contributed by atoms with van der Waals surface area (Å²) in [4.78, 5) is 28.9. The maximum Gasteiger partial charge on any atom is 0.193 e. The van der Waals surface area contributed by atoms with E-state index >= 15 is 0 Å². The van der Waals surface area contributed by atoms with Crippen molar-refractivity contribution in [2.24, 2.45) is 0 Å². The van der Waals surface area contributed by atoms with Gasteiger partial charge in [-0.1, -0.05) is 133 Å². The Bertz CT molecular complexity index is 2690. The zero-order valence-corrected chi connectivity index (χ0v) is 30.8. The number of fused-ring (bicyclic) bond motifs is 2. The van der Waals surface area contributed by atoms with Crippen molar-refractivity contribution in [2.75, 3.05) is 11.4 Å². The molecular formula is C52H38N2O2. The van der Waals surface area contributed by atoms with Crippen molar-refractivity contribution in [2.45, 2.75) is 6.54 Å². The van der Waals surface area contributed by atoms with E-state index in [1.807, 2.05) is 78.9 Å². The average molecular weight is 723 g/mol. The zero-order valence-electron chi connectivity index (χ0n) is 30.8. The van der Waals surface area contributed by atoms with Gasteiger partial charge in [0.25, 0.3) is 0 Å². The molecule has 9 rings (SSSR count). The van der Waals surface area contributed by atoms with Gasteiger partial charge in [-0.25, -0.2) is 0 Å². The molecule has 0 atom stereocenters. The topological polar surface area (TPSA) is 40.6 Å². The summed E-state index contributed by atoms with van der Waals surface area (Å²) in [7, 11) is 0. The summed E-state index contributed by atoms with van der Waals surface area (Å²) in [6.45, 7) is 1.54. The normalized spacial score (nSPS) is 12.4. The fourth-order valence-corrected chi connectivity index (χ4v) is 7.67. The van der Waals surface area contributed by atoms with Crippen LogP contribution in [-0.4, -0.2) is 23.5 Å². The number of rotatable bonds is 10. The summed E-state index contributed by atoms with van der Waals surface area (Å²) in [6, 6.07) is 62.0. The van der Waals surface area contributed by atoms with Crippen LogP contribution >= 0.6 is 0 Å². The molecule has 0 N–H and O–H groups in total. The van der Waals surface area contributed by atoms with Gasteiger partial charge in [0.2, 0.25) is 0 Å². The minimum absolute atomic E-state index is 0.0381. The highest BCUT2D eigenvalue weighted by Crippen LogP contribution is 2.40. The maximum absolute atomic E-state index is 12.8. The van der Waals surface area contributed by atoms with Crippen LogP contribution in [0.2, 0.25) is 0 Å². The van der Waals surface area contributed by atoms with Crippen LogP contribution < -0.4 is 4.90 Å². The third-order valence-electron chi connectivity index (χ3n) is 10.6. The third-order valence-corrected chi connectivity index (χ3v) is 10.6. The first kappa shape index (κ1) is 34.5. The van der Waals surface area contributed by atoms with Crippen molar-refractivity contribution < 1.29 is 9.59 Å². The number of carbonyl (C=O) groups is 2. The Morgan fingerprint density at radius 3 is 1.68 bits per heavy atom. The molecule has 4 nitrogen and oxygen atoms in total. The highest BCUT2D eigenvalue weighted by Gasteiger charge is 2.16. The molecule has 0 radical (unpaired) electrons. The minimum atomic E-state index is 0.0381. The predicted molar refractivity (Wildman–Crippen MR) is 231 cm³/mol. The average Bonchev–Trinajstić information content (AvgIpc) is 3.27. The lowest BCUT2D eigenvalue weighted by atomic mass is 9.92. The SMILES string of the molecule is O=Cc1ccc(N(c2ccc(C3=CCN(Cc4ccc(C(=O)c5ccccc5)cc4)C=C3)cc2)c2ccc(-c3c4ccccc4cc4ccccc34)cc2)cc1. The van der Waals surface area contributed by atoms with E-state index in [1.165, 1.54) is 32.7 Å². The molecular weight excluding hydrogens is 685 g/mol. The van der Waals surface area contributed by atoms with Gasteiger partial charge in [0, 0.05) is 53.0 Å². The largest absolute Gasteiger partial charge is 0.369 e. The number of aldehydes is 1. The van der Waals surface area contributed by atoms with Gasteiger partial charge in [0.1, 0.15) is 6.29 Å². The van der Waals surface area contributed by atoms with E-state index in [0.717, 1.165) is 53.1 Å². The summed E-state index contributed by atoms with van der Waals surface area (Å²) >= 11 is 0. The van der Waals surface area contributed by atoms with Crippen LogP contribution in [0.15, 0.2) is 200 Å². The van der Waals surface area contributed by atoms with Gasteiger partial charge in [-0.05, 0) is 110 Å². The first-order chi connectivity index (χ1) is 27.6. The predicted octanol–water partition coefficient (Wildman–Crippen LogP) is 12.6. The number of ketones is 1. The molecule has 56 heavy (non-hydrogen) atoms. The quantitative estimate of drug-likeness (QED) is 0.0800. The fraction of sp³-hybridized carbons (Fsp3) is 0.0385. The van der Waals surface area contributed by atoms with Crippen LogP contribution in [-0.2, 0) is 6.54 Å². The Morgan fingerprint density at radius 1 is 0.571 bits per heavy atom. The first-order valence-corrected chi connectivity index (χ1v) is 18.9. The Hall–Kier alpha value is -7.30. The Morgan fingerprint density at radius 2 is 1.11 bits per heavy atom. The number of benzene rings is 8. The lowest BCUT2D eigenvalue weighted by molar-refractivity contribution is 0.103. The lowest BCUT2D eigenvalue weighted by Crippen LogP contribution is -2.19. The molecule has 1 aliphatic heterocycles. The molecule has 1 aliphatic rings. The molecule has 0 spiro atoms. The number of carbonyl (C=O) groups excluding carboxylic acids is 2. The standard InChI is InChI=1S/C52H38N2O2/c55-36-38-16-24-46(25-17-38)54(48-28-22-41(23-29-48)51-49-12-6-4-10-44(49)34-45-11-5-7-13-50(45)51)47-26-20-39(21-27-47)40-30-32-53(33-31-40)35-37-14-18-43(19-15-37)52(56)42-8-2-1-3-9-42/h1-32,34,36H,33,35H2. The molecule has 0 bridgehead atoms. The van der Waals surface area contributed by atoms with E-state index in [2.05, 4.69) is 131 Å². The summed E-state index contributed by atoms with van der Waals surface area (Å²) in [6.07, 6.45) is 7.45. The maximum atomic E-state index is 12.8. The summed E-state index contributed by atoms with van der Waals surface area (Å²) in [5, 5.41) is 4.91. The number of hydrogen-bond acceptors (Lipinski definition) is 4. The molecule has 0 aliphatic carbocycles. The van der Waals surface area contributed by atoms with Crippen molar-refractivity contribution >= 4 is 56.2 Å². The Kier molecular flexibility index (Phi) is 9.36. The number of anilines is 3. The van der Waals surface area contributed by atoms with Crippen molar-refractivity contribution in [3.8, 4) is 11.1 Å². The summed E-state index contributed by atoms with van der Waals surface area (Å²) in [5.41, 5.74) is 10.9. The molecule has 8 aromatic carbocycles. The molecule has 1 heterocycles. The van der Waals surface area contributed by atoms with Gasteiger partial charge in [0.05, 0.1) is 0 Å². The lowest BCUT2D eigenvalue weighted by Gasteiger charge is -2.26. The van der Waals surface area contributed by atoms with Crippen molar-refractivity contribution in [1.29, 1.82) is 0 Å². The van der Waals surface area contributed by atoms with Gasteiger partial charge < -0.3 is 9.80 Å². The minimum Gasteiger partial charge on any atom is -0.369 e. The van der Waals surface area contributed by atoms with E-state index in [1.54, 1.807) is 0 Å². The Balaban J connectivity index is 0.951. The van der Waals surface area contributed by atoms with Crippen LogP contribution in [0, 0.1) is 0 Å². The second-order valence-electron chi connectivity index (χ2n) is 14.1. The zero-order chi connectivity index (χ0) is 37.8. The molecule has 8 aromatic rings. The molecule has 0 fully saturated rings. The summed E-state index contributed by atoms with van der Waals surface area (Å²) in [5.74, 6) is 0.0381. The summed E-state index contributed by atoms with van der Waals surface area (Å²) < 4.78 is 0. The van der Waals surface area contributed by atoms with Crippen LogP contribution in [0.25, 0.3) is 38.2 Å². The second kappa shape index (κ2) is 15.2. The van der Waals surface area contributed by atoms with Gasteiger partial charge >= 0.3 is 0 Å². The van der Waals surface area contributed by atoms with Gasteiger partial charge in [-0.2, -0.15) is 0 Å². The second-order valence-corrected chi connectivity index (χ2v) is 14.1. The van der Waals surface area contributed by atoms with E-state index in [9.17, 15) is 9.59 Å².